The highest BCUT2D eigenvalue weighted by Crippen LogP contribution is 2.32. The molecule has 1 aliphatic heterocycles. The fraction of sp³-hybridized carbons (Fsp3) is 0.316. The van der Waals surface area contributed by atoms with Crippen LogP contribution in [0, 0.1) is 0 Å². The van der Waals surface area contributed by atoms with Gasteiger partial charge in [-0.2, -0.15) is 0 Å². The number of nitrogens with zero attached hydrogens (tertiary/aromatic N) is 2. The first-order chi connectivity index (χ1) is 12.7. The normalized spacial score (nSPS) is 16.5. The number of sulfonamides is 1. The molecule has 6 nitrogen and oxygen atoms in total. The van der Waals surface area contributed by atoms with Crippen LogP contribution in [-0.2, 0) is 21.2 Å². The number of fused-ring (bicyclic) bond motifs is 1. The van der Waals surface area contributed by atoms with Crippen LogP contribution in [0.4, 0.5) is 11.4 Å². The summed E-state index contributed by atoms with van der Waals surface area (Å²) in [7, 11) is -0.705. The Balaban J connectivity index is 1.79. The quantitative estimate of drug-likeness (QED) is 0.827. The van der Waals surface area contributed by atoms with Crippen molar-refractivity contribution < 1.29 is 13.2 Å². The van der Waals surface area contributed by atoms with E-state index in [0.29, 0.717) is 0 Å². The van der Waals surface area contributed by atoms with Crippen LogP contribution in [0.3, 0.4) is 0 Å². The van der Waals surface area contributed by atoms with Crippen molar-refractivity contribution in [3.63, 3.8) is 0 Å². The average Bonchev–Trinajstić information content (AvgIpc) is 2.92. The monoisotopic (exact) mass is 407 g/mol. The molecule has 1 N–H and O–H groups in total. The molecular formula is C19H22ClN3O3S. The van der Waals surface area contributed by atoms with E-state index >= 15 is 0 Å². The summed E-state index contributed by atoms with van der Waals surface area (Å²) >= 11 is 6.16. The van der Waals surface area contributed by atoms with Crippen LogP contribution in [-0.4, -0.2) is 45.3 Å². The second-order valence-electron chi connectivity index (χ2n) is 6.79. The van der Waals surface area contributed by atoms with Crippen LogP contribution in [0.5, 0.6) is 0 Å². The van der Waals surface area contributed by atoms with Gasteiger partial charge in [-0.1, -0.05) is 29.8 Å². The predicted molar refractivity (Wildman–Crippen MR) is 108 cm³/mol. The molecule has 2 aromatic rings. The van der Waals surface area contributed by atoms with Gasteiger partial charge >= 0.3 is 0 Å². The van der Waals surface area contributed by atoms with E-state index in [-0.39, 0.29) is 34.1 Å². The lowest BCUT2D eigenvalue weighted by Crippen LogP contribution is -2.37. The molecule has 0 radical (unpaired) electrons. The van der Waals surface area contributed by atoms with Gasteiger partial charge < -0.3 is 10.2 Å². The zero-order valence-electron chi connectivity index (χ0n) is 15.4. The number of nitrogens with one attached hydrogen (secondary N) is 1. The summed E-state index contributed by atoms with van der Waals surface area (Å²) in [6.45, 7) is 2.24. The van der Waals surface area contributed by atoms with Gasteiger partial charge in [0.2, 0.25) is 15.9 Å². The van der Waals surface area contributed by atoms with Gasteiger partial charge in [-0.05, 0) is 43.2 Å². The second-order valence-corrected chi connectivity index (χ2v) is 9.35. The number of rotatable bonds is 5. The van der Waals surface area contributed by atoms with Gasteiger partial charge in [0.25, 0.3) is 0 Å². The summed E-state index contributed by atoms with van der Waals surface area (Å²) in [6, 6.07) is 12.5. The van der Waals surface area contributed by atoms with Crippen molar-refractivity contribution in [2.45, 2.75) is 24.3 Å². The lowest BCUT2D eigenvalue weighted by molar-refractivity contribution is -0.115. The molecule has 1 amide bonds. The minimum Gasteiger partial charge on any atom is -0.359 e. The Hall–Kier alpha value is -2.09. The second kappa shape index (κ2) is 7.50. The molecule has 1 aliphatic rings. The Morgan fingerprint density at radius 1 is 1.26 bits per heavy atom. The van der Waals surface area contributed by atoms with E-state index < -0.39 is 10.0 Å². The molecule has 0 aromatic heterocycles. The summed E-state index contributed by atoms with van der Waals surface area (Å²) in [5, 5.41) is 3.03. The van der Waals surface area contributed by atoms with E-state index in [2.05, 4.69) is 18.3 Å². The van der Waals surface area contributed by atoms with Crippen LogP contribution in [0.2, 0.25) is 5.02 Å². The van der Waals surface area contributed by atoms with Gasteiger partial charge in [0.05, 0.1) is 22.2 Å². The van der Waals surface area contributed by atoms with Crippen molar-refractivity contribution in [2.75, 3.05) is 30.9 Å². The van der Waals surface area contributed by atoms with Crippen molar-refractivity contribution in [1.82, 2.24) is 4.31 Å². The molecule has 27 heavy (non-hydrogen) atoms. The molecule has 2 aromatic carbocycles. The molecule has 0 unspecified atom stereocenters. The lowest BCUT2D eigenvalue weighted by Gasteiger charge is -2.24. The van der Waals surface area contributed by atoms with Crippen molar-refractivity contribution in [2.24, 2.45) is 0 Å². The van der Waals surface area contributed by atoms with Crippen molar-refractivity contribution in [3.8, 4) is 0 Å². The molecule has 0 fully saturated rings. The first-order valence-electron chi connectivity index (χ1n) is 8.56. The number of benzene rings is 2. The third kappa shape index (κ3) is 3.95. The molecule has 144 valence electrons. The Morgan fingerprint density at radius 2 is 1.96 bits per heavy atom. The number of para-hydroxylation sites is 1. The van der Waals surface area contributed by atoms with Crippen LogP contribution in [0.25, 0.3) is 0 Å². The predicted octanol–water partition coefficient (Wildman–Crippen LogP) is 2.98. The largest absolute Gasteiger partial charge is 0.359 e. The zero-order valence-corrected chi connectivity index (χ0v) is 17.0. The molecule has 0 aliphatic carbocycles. The minimum atomic E-state index is -3.61. The molecule has 0 saturated carbocycles. The summed E-state index contributed by atoms with van der Waals surface area (Å²) in [4.78, 5) is 14.7. The van der Waals surface area contributed by atoms with E-state index in [0.717, 1.165) is 16.4 Å². The number of halogens is 1. The van der Waals surface area contributed by atoms with Gasteiger partial charge in [-0.25, -0.2) is 12.7 Å². The Labute approximate surface area is 164 Å². The van der Waals surface area contributed by atoms with Gasteiger partial charge in [-0.3, -0.25) is 4.79 Å². The third-order valence-electron chi connectivity index (χ3n) is 4.65. The Bertz CT molecular complexity index is 976. The fourth-order valence-corrected chi connectivity index (χ4v) is 4.28. The van der Waals surface area contributed by atoms with Crippen molar-refractivity contribution in [1.29, 1.82) is 0 Å². The van der Waals surface area contributed by atoms with E-state index in [1.807, 2.05) is 23.1 Å². The standard InChI is InChI=1S/C19H22ClN3O3S/c1-13-10-14-6-4-5-7-18(14)23(13)12-19(24)21-17-11-15(8-9-16(17)20)27(25,26)22(2)3/h4-9,11,13H,10,12H2,1-3H3,(H,21,24)/t13-/m0/s1. The van der Waals surface area contributed by atoms with Crippen LogP contribution < -0.4 is 10.2 Å². The number of carbonyl (C=O) groups is 1. The van der Waals surface area contributed by atoms with Crippen LogP contribution >= 0.6 is 11.6 Å². The number of hydrogen-bond donors (Lipinski definition) is 1. The van der Waals surface area contributed by atoms with Crippen LogP contribution in [0.1, 0.15) is 12.5 Å². The number of carbonyl (C=O) groups excluding carboxylic acids is 1. The van der Waals surface area contributed by atoms with Gasteiger partial charge in [0.1, 0.15) is 0 Å². The summed E-state index contributed by atoms with van der Waals surface area (Å²) in [5.74, 6) is -0.250. The van der Waals surface area contributed by atoms with Gasteiger partial charge in [0.15, 0.2) is 0 Å². The number of anilines is 2. The summed E-state index contributed by atoms with van der Waals surface area (Å²) < 4.78 is 25.7. The highest BCUT2D eigenvalue weighted by molar-refractivity contribution is 7.89. The lowest BCUT2D eigenvalue weighted by atomic mass is 10.1. The molecule has 0 bridgehead atoms. The Morgan fingerprint density at radius 3 is 2.67 bits per heavy atom. The molecule has 0 spiro atoms. The van der Waals surface area contributed by atoms with E-state index in [1.165, 1.54) is 37.9 Å². The molecule has 3 rings (SSSR count). The minimum absolute atomic E-state index is 0.0760. The van der Waals surface area contributed by atoms with Gasteiger partial charge in [0, 0.05) is 25.8 Å². The van der Waals surface area contributed by atoms with E-state index in [9.17, 15) is 13.2 Å². The topological polar surface area (TPSA) is 69.7 Å². The summed E-state index contributed by atoms with van der Waals surface area (Å²) in [6.07, 6.45) is 0.890. The fourth-order valence-electron chi connectivity index (χ4n) is 3.19. The smallest absolute Gasteiger partial charge is 0.243 e. The Kier molecular flexibility index (Phi) is 5.46. The maximum absolute atomic E-state index is 12.6. The molecule has 0 saturated heterocycles. The number of hydrogen-bond acceptors (Lipinski definition) is 4. The molecule has 1 heterocycles. The van der Waals surface area contributed by atoms with Gasteiger partial charge in [-0.15, -0.1) is 0 Å². The van der Waals surface area contributed by atoms with E-state index in [1.54, 1.807) is 0 Å². The summed E-state index contributed by atoms with van der Waals surface area (Å²) in [5.41, 5.74) is 2.55. The van der Waals surface area contributed by atoms with Crippen LogP contribution in [0.15, 0.2) is 47.4 Å². The highest BCUT2D eigenvalue weighted by atomic mass is 35.5. The maximum atomic E-state index is 12.6. The maximum Gasteiger partial charge on any atom is 0.243 e. The third-order valence-corrected chi connectivity index (χ3v) is 6.79. The molecule has 8 heteroatoms. The molecular weight excluding hydrogens is 386 g/mol. The molecule has 1 atom stereocenters. The van der Waals surface area contributed by atoms with Crippen molar-refractivity contribution >= 4 is 38.9 Å². The van der Waals surface area contributed by atoms with Crippen molar-refractivity contribution in [3.05, 3.63) is 53.1 Å². The first-order valence-corrected chi connectivity index (χ1v) is 10.4. The average molecular weight is 408 g/mol. The first kappa shape index (κ1) is 19.7. The SMILES string of the molecule is C[C@H]1Cc2ccccc2N1CC(=O)Nc1cc(S(=O)(=O)N(C)C)ccc1Cl. The highest BCUT2D eigenvalue weighted by Gasteiger charge is 2.27. The number of amides is 1. The van der Waals surface area contributed by atoms with E-state index in [4.69, 9.17) is 11.6 Å². The zero-order chi connectivity index (χ0) is 19.8.